The highest BCUT2D eigenvalue weighted by molar-refractivity contribution is 6.39. The van der Waals surface area contributed by atoms with Crippen LogP contribution >= 0.6 is 23.2 Å². The van der Waals surface area contributed by atoms with E-state index in [1.54, 1.807) is 0 Å². The lowest BCUT2D eigenvalue weighted by atomic mass is 9.95. The average Bonchev–Trinajstić information content (AvgIpc) is 2.98. The third-order valence-corrected chi connectivity index (χ3v) is 6.88. The van der Waals surface area contributed by atoms with Gasteiger partial charge in [0.25, 0.3) is 0 Å². The van der Waals surface area contributed by atoms with Gasteiger partial charge in [-0.05, 0) is 47.0 Å². The fourth-order valence-corrected chi connectivity index (χ4v) is 5.03. The lowest BCUT2D eigenvalue weighted by Crippen LogP contribution is -2.00. The Kier molecular flexibility index (Phi) is 6.70. The molecular formula is C33H21Cl2N3. The van der Waals surface area contributed by atoms with E-state index in [1.165, 1.54) is 0 Å². The molecular weight excluding hydrogens is 509 g/mol. The molecule has 0 radical (unpaired) electrons. The third kappa shape index (κ3) is 4.95. The monoisotopic (exact) mass is 529 g/mol. The van der Waals surface area contributed by atoms with Crippen molar-refractivity contribution in [3.05, 3.63) is 137 Å². The van der Waals surface area contributed by atoms with Crippen LogP contribution in [0, 0.1) is 0 Å². The van der Waals surface area contributed by atoms with Crippen molar-refractivity contribution in [1.82, 2.24) is 15.0 Å². The maximum absolute atomic E-state index is 6.65. The van der Waals surface area contributed by atoms with E-state index < -0.39 is 0 Å². The van der Waals surface area contributed by atoms with E-state index in [2.05, 4.69) is 24.3 Å². The number of benzene rings is 5. The molecule has 3 nitrogen and oxygen atoms in total. The largest absolute Gasteiger partial charge is 0.208 e. The smallest absolute Gasteiger partial charge is 0.164 e. The SMILES string of the molecule is Clc1cccc(Cl)c1-c1cc(-c2ccccc2)cc(-c2nc(-c3ccccc3)nc(-c3ccccc3)n2)c1. The molecule has 1 heterocycles. The Hall–Kier alpha value is -4.31. The lowest BCUT2D eigenvalue weighted by molar-refractivity contribution is 1.07. The van der Waals surface area contributed by atoms with Crippen molar-refractivity contribution in [1.29, 1.82) is 0 Å². The fourth-order valence-electron chi connectivity index (χ4n) is 4.41. The number of halogens is 2. The summed E-state index contributed by atoms with van der Waals surface area (Å²) in [5.41, 5.74) is 6.42. The standard InChI is InChI=1S/C33H21Cl2N3/c34-28-17-10-18-29(35)30(28)26-19-25(22-11-4-1-5-12-22)20-27(21-26)33-37-31(23-13-6-2-7-14-23)36-32(38-33)24-15-8-3-9-16-24/h1-21H. The van der Waals surface area contributed by atoms with Crippen LogP contribution in [-0.2, 0) is 0 Å². The van der Waals surface area contributed by atoms with Crippen LogP contribution in [0.4, 0.5) is 0 Å². The van der Waals surface area contributed by atoms with Gasteiger partial charge >= 0.3 is 0 Å². The molecule has 5 heteroatoms. The summed E-state index contributed by atoms with van der Waals surface area (Å²) in [6.45, 7) is 0. The van der Waals surface area contributed by atoms with Crippen LogP contribution in [0.25, 0.3) is 56.4 Å². The minimum Gasteiger partial charge on any atom is -0.208 e. The summed E-state index contributed by atoms with van der Waals surface area (Å²) in [5, 5.41) is 1.17. The van der Waals surface area contributed by atoms with Crippen LogP contribution < -0.4 is 0 Å². The molecule has 0 amide bonds. The number of hydrogen-bond donors (Lipinski definition) is 0. The second kappa shape index (κ2) is 10.6. The van der Waals surface area contributed by atoms with Crippen LogP contribution in [-0.4, -0.2) is 15.0 Å². The van der Waals surface area contributed by atoms with E-state index in [1.807, 2.05) is 103 Å². The lowest BCUT2D eigenvalue weighted by Gasteiger charge is -2.14. The summed E-state index contributed by atoms with van der Waals surface area (Å²) in [7, 11) is 0. The quantitative estimate of drug-likeness (QED) is 0.223. The van der Waals surface area contributed by atoms with Crippen molar-refractivity contribution in [2.24, 2.45) is 0 Å². The second-order valence-corrected chi connectivity index (χ2v) is 9.61. The highest BCUT2D eigenvalue weighted by Gasteiger charge is 2.16. The summed E-state index contributed by atoms with van der Waals surface area (Å²) in [6.07, 6.45) is 0. The molecule has 0 aliphatic heterocycles. The van der Waals surface area contributed by atoms with Crippen LogP contribution in [0.5, 0.6) is 0 Å². The Morgan fingerprint density at radius 1 is 0.342 bits per heavy atom. The van der Waals surface area contributed by atoms with Crippen molar-refractivity contribution in [2.45, 2.75) is 0 Å². The highest BCUT2D eigenvalue weighted by atomic mass is 35.5. The molecule has 0 N–H and O–H groups in total. The Bertz CT molecular complexity index is 1640. The summed E-state index contributed by atoms with van der Waals surface area (Å²) >= 11 is 13.3. The van der Waals surface area contributed by atoms with Crippen molar-refractivity contribution in [3.8, 4) is 56.4 Å². The van der Waals surface area contributed by atoms with Gasteiger partial charge < -0.3 is 0 Å². The molecule has 0 saturated heterocycles. The number of aromatic nitrogens is 3. The molecule has 6 aromatic rings. The molecule has 5 aromatic carbocycles. The molecule has 0 aliphatic carbocycles. The van der Waals surface area contributed by atoms with Crippen LogP contribution in [0.2, 0.25) is 10.0 Å². The molecule has 182 valence electrons. The van der Waals surface area contributed by atoms with Crippen molar-refractivity contribution in [3.63, 3.8) is 0 Å². The number of nitrogens with zero attached hydrogens (tertiary/aromatic N) is 3. The Morgan fingerprint density at radius 2 is 0.737 bits per heavy atom. The van der Waals surface area contributed by atoms with Crippen molar-refractivity contribution in [2.75, 3.05) is 0 Å². The van der Waals surface area contributed by atoms with Gasteiger partial charge in [-0.25, -0.2) is 15.0 Å². The van der Waals surface area contributed by atoms with E-state index in [4.69, 9.17) is 38.2 Å². The van der Waals surface area contributed by atoms with Gasteiger partial charge in [0, 0.05) is 32.3 Å². The average molecular weight is 530 g/mol. The van der Waals surface area contributed by atoms with Gasteiger partial charge in [-0.3, -0.25) is 0 Å². The molecule has 1 aromatic heterocycles. The van der Waals surface area contributed by atoms with Gasteiger partial charge in [-0.2, -0.15) is 0 Å². The third-order valence-electron chi connectivity index (χ3n) is 6.25. The molecule has 0 atom stereocenters. The predicted molar refractivity (Wildman–Crippen MR) is 157 cm³/mol. The van der Waals surface area contributed by atoms with E-state index in [0.717, 1.165) is 38.9 Å². The van der Waals surface area contributed by atoms with E-state index in [0.29, 0.717) is 27.5 Å². The molecule has 0 aliphatic rings. The summed E-state index contributed by atoms with van der Waals surface area (Å²) < 4.78 is 0. The summed E-state index contributed by atoms with van der Waals surface area (Å²) in [4.78, 5) is 14.7. The first-order valence-electron chi connectivity index (χ1n) is 12.2. The molecule has 0 saturated carbocycles. The molecule has 6 rings (SSSR count). The minimum atomic E-state index is 0.569. The zero-order chi connectivity index (χ0) is 25.9. The van der Waals surface area contributed by atoms with Gasteiger partial charge in [0.1, 0.15) is 0 Å². The van der Waals surface area contributed by atoms with Crippen LogP contribution in [0.3, 0.4) is 0 Å². The van der Waals surface area contributed by atoms with Crippen LogP contribution in [0.15, 0.2) is 127 Å². The Morgan fingerprint density at radius 3 is 1.24 bits per heavy atom. The van der Waals surface area contributed by atoms with Gasteiger partial charge in [0.2, 0.25) is 0 Å². The molecule has 0 fully saturated rings. The highest BCUT2D eigenvalue weighted by Crippen LogP contribution is 2.39. The zero-order valence-electron chi connectivity index (χ0n) is 20.2. The fraction of sp³-hybridized carbons (Fsp3) is 0. The Labute approximate surface area is 231 Å². The number of hydrogen-bond acceptors (Lipinski definition) is 3. The van der Waals surface area contributed by atoms with Crippen molar-refractivity contribution < 1.29 is 0 Å². The van der Waals surface area contributed by atoms with Gasteiger partial charge in [0.05, 0.1) is 0 Å². The second-order valence-electron chi connectivity index (χ2n) is 8.80. The maximum atomic E-state index is 6.65. The van der Waals surface area contributed by atoms with E-state index in [9.17, 15) is 0 Å². The van der Waals surface area contributed by atoms with Gasteiger partial charge in [-0.1, -0.05) is 120 Å². The van der Waals surface area contributed by atoms with E-state index in [-0.39, 0.29) is 0 Å². The van der Waals surface area contributed by atoms with Crippen molar-refractivity contribution >= 4 is 23.2 Å². The molecule has 0 spiro atoms. The normalized spacial score (nSPS) is 10.9. The first-order chi connectivity index (χ1) is 18.7. The Balaban J connectivity index is 1.61. The maximum Gasteiger partial charge on any atom is 0.164 e. The topological polar surface area (TPSA) is 38.7 Å². The summed E-state index contributed by atoms with van der Waals surface area (Å²) in [5.74, 6) is 1.79. The zero-order valence-corrected chi connectivity index (χ0v) is 21.7. The molecule has 0 unspecified atom stereocenters. The predicted octanol–water partition coefficient (Wildman–Crippen LogP) is 9.51. The van der Waals surface area contributed by atoms with Gasteiger partial charge in [-0.15, -0.1) is 0 Å². The molecule has 0 bridgehead atoms. The first kappa shape index (κ1) is 24.1. The number of rotatable bonds is 5. The minimum absolute atomic E-state index is 0.569. The van der Waals surface area contributed by atoms with Gasteiger partial charge in [0.15, 0.2) is 17.5 Å². The summed E-state index contributed by atoms with van der Waals surface area (Å²) in [6, 6.07) is 41.9. The van der Waals surface area contributed by atoms with Crippen LogP contribution in [0.1, 0.15) is 0 Å². The molecule has 38 heavy (non-hydrogen) atoms. The first-order valence-corrected chi connectivity index (χ1v) is 12.9. The van der Waals surface area contributed by atoms with E-state index >= 15 is 0 Å².